The number of hydrogen-bond acceptors (Lipinski definition) is 3. The third kappa shape index (κ3) is 2.07. The number of carboxylic acid groups (broad SMARTS) is 1. The molecule has 0 bridgehead atoms. The van der Waals surface area contributed by atoms with Gasteiger partial charge in [0.15, 0.2) is 0 Å². The SMILES string of the molecule is Cc1cc(C(=O)N2CC3CCCC3C2C(=O)O)ccn1. The maximum absolute atomic E-state index is 12.6. The van der Waals surface area contributed by atoms with Crippen molar-refractivity contribution in [3.63, 3.8) is 0 Å². The van der Waals surface area contributed by atoms with E-state index in [4.69, 9.17) is 0 Å². The Kier molecular flexibility index (Phi) is 3.20. The van der Waals surface area contributed by atoms with E-state index < -0.39 is 12.0 Å². The first-order chi connectivity index (χ1) is 9.58. The van der Waals surface area contributed by atoms with Crippen molar-refractivity contribution in [3.8, 4) is 0 Å². The third-order valence-corrected chi connectivity index (χ3v) is 4.55. The number of pyridine rings is 1. The molecule has 3 unspecified atom stereocenters. The molecule has 1 aliphatic heterocycles. The van der Waals surface area contributed by atoms with E-state index in [0.717, 1.165) is 25.0 Å². The molecule has 5 nitrogen and oxygen atoms in total. The van der Waals surface area contributed by atoms with Gasteiger partial charge < -0.3 is 10.0 Å². The van der Waals surface area contributed by atoms with Gasteiger partial charge in [-0.25, -0.2) is 4.79 Å². The third-order valence-electron chi connectivity index (χ3n) is 4.55. The number of fused-ring (bicyclic) bond motifs is 1. The number of aliphatic carboxylic acids is 1. The molecule has 3 rings (SSSR count). The molecule has 1 N–H and O–H groups in total. The van der Waals surface area contributed by atoms with Crippen molar-refractivity contribution < 1.29 is 14.7 Å². The Morgan fingerprint density at radius 3 is 2.90 bits per heavy atom. The topological polar surface area (TPSA) is 70.5 Å². The van der Waals surface area contributed by atoms with Gasteiger partial charge in [0.25, 0.3) is 5.91 Å². The van der Waals surface area contributed by atoms with E-state index in [9.17, 15) is 14.7 Å². The first-order valence-electron chi connectivity index (χ1n) is 7.04. The summed E-state index contributed by atoms with van der Waals surface area (Å²) in [7, 11) is 0. The second-order valence-electron chi connectivity index (χ2n) is 5.78. The molecular weight excluding hydrogens is 256 g/mol. The molecule has 5 heteroatoms. The van der Waals surface area contributed by atoms with Crippen LogP contribution in [-0.4, -0.2) is 39.5 Å². The Labute approximate surface area is 117 Å². The summed E-state index contributed by atoms with van der Waals surface area (Å²) in [5.74, 6) is -0.585. The Bertz CT molecular complexity index is 558. The standard InChI is InChI=1S/C15H18N2O3/c1-9-7-10(5-6-16-9)14(18)17-8-11-3-2-4-12(11)13(17)15(19)20/h5-7,11-13H,2-4,8H2,1H3,(H,19,20). The molecule has 3 atom stereocenters. The summed E-state index contributed by atoms with van der Waals surface area (Å²) >= 11 is 0. The average molecular weight is 274 g/mol. The molecule has 2 aliphatic rings. The Hall–Kier alpha value is -1.91. The summed E-state index contributed by atoms with van der Waals surface area (Å²) in [5, 5.41) is 9.47. The minimum Gasteiger partial charge on any atom is -0.480 e. The lowest BCUT2D eigenvalue weighted by molar-refractivity contribution is -0.142. The van der Waals surface area contributed by atoms with Gasteiger partial charge >= 0.3 is 5.97 Å². The van der Waals surface area contributed by atoms with Crippen LogP contribution in [0.2, 0.25) is 0 Å². The number of likely N-dealkylation sites (tertiary alicyclic amines) is 1. The van der Waals surface area contributed by atoms with Crippen LogP contribution in [-0.2, 0) is 4.79 Å². The number of aromatic nitrogens is 1. The van der Waals surface area contributed by atoms with Crippen LogP contribution in [0.15, 0.2) is 18.3 Å². The van der Waals surface area contributed by atoms with Crippen molar-refractivity contribution in [2.45, 2.75) is 32.2 Å². The lowest BCUT2D eigenvalue weighted by Crippen LogP contribution is -2.43. The zero-order valence-corrected chi connectivity index (χ0v) is 11.5. The summed E-state index contributed by atoms with van der Waals surface area (Å²) in [6.07, 6.45) is 4.62. The van der Waals surface area contributed by atoms with Crippen molar-refractivity contribution in [2.75, 3.05) is 6.54 Å². The highest BCUT2D eigenvalue weighted by molar-refractivity contribution is 5.97. The predicted octanol–water partition coefficient (Wildman–Crippen LogP) is 1.72. The first kappa shape index (κ1) is 13.1. The lowest BCUT2D eigenvalue weighted by atomic mass is 9.94. The molecule has 0 aromatic carbocycles. The first-order valence-corrected chi connectivity index (χ1v) is 7.04. The summed E-state index contributed by atoms with van der Waals surface area (Å²) in [4.78, 5) is 29.8. The molecule has 1 aromatic rings. The molecule has 0 spiro atoms. The molecular formula is C15H18N2O3. The van der Waals surface area contributed by atoms with E-state index >= 15 is 0 Å². The normalized spacial score (nSPS) is 28.4. The van der Waals surface area contributed by atoms with Crippen molar-refractivity contribution in [1.82, 2.24) is 9.88 Å². The number of rotatable bonds is 2. The van der Waals surface area contributed by atoms with Crippen LogP contribution in [0.3, 0.4) is 0 Å². The maximum atomic E-state index is 12.6. The molecule has 2 heterocycles. The van der Waals surface area contributed by atoms with Crippen LogP contribution < -0.4 is 0 Å². The van der Waals surface area contributed by atoms with Crippen molar-refractivity contribution in [3.05, 3.63) is 29.6 Å². The summed E-state index contributed by atoms with van der Waals surface area (Å²) in [5.41, 5.74) is 1.30. The number of amides is 1. The Morgan fingerprint density at radius 1 is 1.40 bits per heavy atom. The highest BCUT2D eigenvalue weighted by atomic mass is 16.4. The molecule has 1 aliphatic carbocycles. The predicted molar refractivity (Wildman–Crippen MR) is 72.3 cm³/mol. The second kappa shape index (κ2) is 4.89. The van der Waals surface area contributed by atoms with Crippen LogP contribution in [0.4, 0.5) is 0 Å². The Morgan fingerprint density at radius 2 is 2.20 bits per heavy atom. The molecule has 0 radical (unpaired) electrons. The van der Waals surface area contributed by atoms with Gasteiger partial charge in [0.05, 0.1) is 0 Å². The summed E-state index contributed by atoms with van der Waals surface area (Å²) in [6, 6.07) is 2.71. The number of carbonyl (C=O) groups excluding carboxylic acids is 1. The fraction of sp³-hybridized carbons (Fsp3) is 0.533. The molecule has 1 amide bonds. The lowest BCUT2D eigenvalue weighted by Gasteiger charge is -2.24. The van der Waals surface area contributed by atoms with Gasteiger partial charge in [-0.15, -0.1) is 0 Å². The number of carbonyl (C=O) groups is 2. The Balaban J connectivity index is 1.89. The van der Waals surface area contributed by atoms with E-state index in [1.165, 1.54) is 0 Å². The van der Waals surface area contributed by atoms with Gasteiger partial charge in [0, 0.05) is 24.0 Å². The summed E-state index contributed by atoms with van der Waals surface area (Å²) in [6.45, 7) is 2.39. The van der Waals surface area contributed by atoms with Crippen molar-refractivity contribution in [1.29, 1.82) is 0 Å². The number of nitrogens with zero attached hydrogens (tertiary/aromatic N) is 2. The van der Waals surface area contributed by atoms with Gasteiger partial charge in [-0.05, 0) is 43.7 Å². The fourth-order valence-electron chi connectivity index (χ4n) is 3.68. The highest BCUT2D eigenvalue weighted by Gasteiger charge is 2.49. The number of aryl methyl sites for hydroxylation is 1. The maximum Gasteiger partial charge on any atom is 0.326 e. The molecule has 1 saturated carbocycles. The van der Waals surface area contributed by atoms with E-state index in [1.54, 1.807) is 23.2 Å². The highest BCUT2D eigenvalue weighted by Crippen LogP contribution is 2.42. The average Bonchev–Trinajstić information content (AvgIpc) is 2.96. The van der Waals surface area contributed by atoms with Gasteiger partial charge in [-0.2, -0.15) is 0 Å². The van der Waals surface area contributed by atoms with Crippen LogP contribution in [0, 0.1) is 18.8 Å². The van der Waals surface area contributed by atoms with E-state index in [2.05, 4.69) is 4.98 Å². The van der Waals surface area contributed by atoms with Crippen LogP contribution in [0.5, 0.6) is 0 Å². The number of hydrogen-bond donors (Lipinski definition) is 1. The largest absolute Gasteiger partial charge is 0.480 e. The minimum absolute atomic E-state index is 0.124. The second-order valence-corrected chi connectivity index (χ2v) is 5.78. The molecule has 106 valence electrons. The van der Waals surface area contributed by atoms with Crippen molar-refractivity contribution >= 4 is 11.9 Å². The quantitative estimate of drug-likeness (QED) is 0.891. The van der Waals surface area contributed by atoms with Gasteiger partial charge in [-0.3, -0.25) is 9.78 Å². The van der Waals surface area contributed by atoms with Crippen LogP contribution in [0.1, 0.15) is 35.3 Å². The smallest absolute Gasteiger partial charge is 0.326 e. The van der Waals surface area contributed by atoms with Gasteiger partial charge in [0.1, 0.15) is 6.04 Å². The zero-order chi connectivity index (χ0) is 14.3. The molecule has 20 heavy (non-hydrogen) atoms. The minimum atomic E-state index is -0.876. The molecule has 1 saturated heterocycles. The van der Waals surface area contributed by atoms with Crippen LogP contribution >= 0.6 is 0 Å². The fourth-order valence-corrected chi connectivity index (χ4v) is 3.68. The summed E-state index contributed by atoms with van der Waals surface area (Å²) < 4.78 is 0. The van der Waals surface area contributed by atoms with Crippen LogP contribution in [0.25, 0.3) is 0 Å². The molecule has 2 fully saturated rings. The van der Waals surface area contributed by atoms with E-state index in [0.29, 0.717) is 18.0 Å². The zero-order valence-electron chi connectivity index (χ0n) is 11.5. The monoisotopic (exact) mass is 274 g/mol. The van der Waals surface area contributed by atoms with E-state index in [-0.39, 0.29) is 11.8 Å². The van der Waals surface area contributed by atoms with E-state index in [1.807, 2.05) is 6.92 Å². The van der Waals surface area contributed by atoms with Crippen molar-refractivity contribution in [2.24, 2.45) is 11.8 Å². The molecule has 1 aromatic heterocycles. The van der Waals surface area contributed by atoms with Gasteiger partial charge in [-0.1, -0.05) is 6.42 Å². The number of carboxylic acids is 1. The van der Waals surface area contributed by atoms with Gasteiger partial charge in [0.2, 0.25) is 0 Å².